The number of methoxy groups -OCH3 is 2. The van der Waals surface area contributed by atoms with Gasteiger partial charge in [-0.05, 0) is 24.5 Å². The van der Waals surface area contributed by atoms with Gasteiger partial charge in [0, 0.05) is 0 Å². The number of rotatable bonds is 4. The van der Waals surface area contributed by atoms with Gasteiger partial charge in [0.05, 0.1) is 26.1 Å². The van der Waals surface area contributed by atoms with Gasteiger partial charge in [-0.25, -0.2) is 0 Å². The smallest absolute Gasteiger partial charge is 0.309 e. The van der Waals surface area contributed by atoms with Crippen LogP contribution in [0.5, 0.6) is 0 Å². The zero-order chi connectivity index (χ0) is 13.7. The minimum atomic E-state index is -0.675. The van der Waals surface area contributed by atoms with Crippen molar-refractivity contribution < 1.29 is 23.9 Å². The van der Waals surface area contributed by atoms with Gasteiger partial charge < -0.3 is 9.47 Å². The van der Waals surface area contributed by atoms with E-state index in [-0.39, 0.29) is 12.2 Å². The number of allylic oxidation sites excluding steroid dienone is 3. The van der Waals surface area contributed by atoms with Crippen molar-refractivity contribution >= 4 is 17.7 Å². The van der Waals surface area contributed by atoms with Gasteiger partial charge in [0.15, 0.2) is 5.78 Å². The van der Waals surface area contributed by atoms with Crippen LogP contribution < -0.4 is 0 Å². The highest BCUT2D eigenvalue weighted by Gasteiger charge is 2.38. The minimum Gasteiger partial charge on any atom is -0.469 e. The van der Waals surface area contributed by atoms with E-state index in [1.165, 1.54) is 20.3 Å². The molecule has 0 bridgehead atoms. The van der Waals surface area contributed by atoms with E-state index < -0.39 is 23.8 Å². The van der Waals surface area contributed by atoms with Crippen molar-refractivity contribution in [3.63, 3.8) is 0 Å². The molecular formula is C13H16O5. The molecular weight excluding hydrogens is 236 g/mol. The van der Waals surface area contributed by atoms with E-state index in [1.54, 1.807) is 6.08 Å². The number of ketones is 1. The van der Waals surface area contributed by atoms with E-state index in [1.807, 2.05) is 0 Å². The van der Waals surface area contributed by atoms with Crippen molar-refractivity contribution in [3.05, 3.63) is 24.3 Å². The van der Waals surface area contributed by atoms with Crippen LogP contribution in [-0.4, -0.2) is 31.9 Å². The molecule has 0 aromatic heterocycles. The Morgan fingerprint density at radius 2 is 1.78 bits per heavy atom. The zero-order valence-electron chi connectivity index (χ0n) is 10.5. The third kappa shape index (κ3) is 2.85. The molecule has 0 saturated heterocycles. The maximum atomic E-state index is 11.7. The monoisotopic (exact) mass is 252 g/mol. The van der Waals surface area contributed by atoms with Crippen molar-refractivity contribution in [1.29, 1.82) is 0 Å². The van der Waals surface area contributed by atoms with Crippen LogP contribution in [0.3, 0.4) is 0 Å². The molecule has 1 aliphatic rings. The first kappa shape index (κ1) is 14.2. The summed E-state index contributed by atoms with van der Waals surface area (Å²) in [7, 11) is 2.52. The Kier molecular flexibility index (Phi) is 4.83. The molecule has 5 nitrogen and oxygen atoms in total. The number of carbonyl (C=O) groups is 3. The lowest BCUT2D eigenvalue weighted by atomic mass is 9.78. The topological polar surface area (TPSA) is 69.7 Å². The average Bonchev–Trinajstić information content (AvgIpc) is 2.43. The summed E-state index contributed by atoms with van der Waals surface area (Å²) in [4.78, 5) is 34.8. The van der Waals surface area contributed by atoms with Crippen molar-refractivity contribution in [2.24, 2.45) is 11.8 Å². The lowest BCUT2D eigenvalue weighted by Crippen LogP contribution is -2.34. The first-order valence-electron chi connectivity index (χ1n) is 5.56. The molecule has 0 radical (unpaired) electrons. The third-order valence-corrected chi connectivity index (χ3v) is 3.05. The molecule has 2 atom stereocenters. The normalized spacial score (nSPS) is 22.7. The third-order valence-electron chi connectivity index (χ3n) is 3.05. The van der Waals surface area contributed by atoms with Crippen LogP contribution in [0, 0.1) is 11.8 Å². The van der Waals surface area contributed by atoms with Crippen LogP contribution in [0.4, 0.5) is 0 Å². The Morgan fingerprint density at radius 3 is 2.28 bits per heavy atom. The lowest BCUT2D eigenvalue weighted by Gasteiger charge is -2.26. The maximum absolute atomic E-state index is 11.7. The zero-order valence-corrected chi connectivity index (χ0v) is 10.5. The van der Waals surface area contributed by atoms with Crippen LogP contribution >= 0.6 is 0 Å². The molecule has 5 heteroatoms. The first-order chi connectivity index (χ1) is 8.54. The van der Waals surface area contributed by atoms with Gasteiger partial charge in [-0.2, -0.15) is 0 Å². The van der Waals surface area contributed by atoms with Gasteiger partial charge in [0.2, 0.25) is 0 Å². The summed E-state index contributed by atoms with van der Waals surface area (Å²) in [5, 5.41) is 0. The molecule has 0 aliphatic heterocycles. The largest absolute Gasteiger partial charge is 0.469 e. The standard InChI is InChI=1S/C13H16O5/c1-4-11(14)8-5-6-9(12(15)17-2)10(7-8)13(16)18-3/h4-5,9-10H,1,6-7H2,2-3H3/t9-,10+/m1/s1. The molecule has 0 fully saturated rings. The van der Waals surface area contributed by atoms with Gasteiger partial charge in [0.1, 0.15) is 0 Å². The summed E-state index contributed by atoms with van der Waals surface area (Å²) < 4.78 is 9.32. The Bertz CT molecular complexity index is 408. The quantitative estimate of drug-likeness (QED) is 0.552. The van der Waals surface area contributed by atoms with E-state index >= 15 is 0 Å². The highest BCUT2D eigenvalue weighted by atomic mass is 16.5. The summed E-state index contributed by atoms with van der Waals surface area (Å²) in [6, 6.07) is 0. The fourth-order valence-electron chi connectivity index (χ4n) is 2.04. The molecule has 0 N–H and O–H groups in total. The summed E-state index contributed by atoms with van der Waals surface area (Å²) in [6.07, 6.45) is 3.32. The molecule has 98 valence electrons. The van der Waals surface area contributed by atoms with Crippen LogP contribution in [0.1, 0.15) is 12.8 Å². The first-order valence-corrected chi connectivity index (χ1v) is 5.56. The SMILES string of the molecule is C=CC(=O)C1=CC[C@@H](C(=O)OC)[C@@H](C(=O)OC)C1. The molecule has 1 rings (SSSR count). The Balaban J connectivity index is 2.97. The highest BCUT2D eigenvalue weighted by molar-refractivity contribution is 6.04. The maximum Gasteiger partial charge on any atom is 0.309 e. The Hall–Kier alpha value is -1.91. The molecule has 18 heavy (non-hydrogen) atoms. The predicted octanol–water partition coefficient (Wildman–Crippen LogP) is 1.04. The second-order valence-electron chi connectivity index (χ2n) is 4.00. The van der Waals surface area contributed by atoms with Gasteiger partial charge in [-0.1, -0.05) is 12.7 Å². The molecule has 0 spiro atoms. The highest BCUT2D eigenvalue weighted by Crippen LogP contribution is 2.32. The van der Waals surface area contributed by atoms with E-state index in [2.05, 4.69) is 16.1 Å². The van der Waals surface area contributed by atoms with Gasteiger partial charge in [0.25, 0.3) is 0 Å². The van der Waals surface area contributed by atoms with Crippen molar-refractivity contribution in [3.8, 4) is 0 Å². The van der Waals surface area contributed by atoms with Crippen LogP contribution in [0.25, 0.3) is 0 Å². The molecule has 0 saturated carbocycles. The predicted molar refractivity (Wildman–Crippen MR) is 63.5 cm³/mol. The van der Waals surface area contributed by atoms with Gasteiger partial charge >= 0.3 is 11.9 Å². The van der Waals surface area contributed by atoms with E-state index in [4.69, 9.17) is 0 Å². The Morgan fingerprint density at radius 1 is 1.22 bits per heavy atom. The molecule has 0 aromatic carbocycles. The van der Waals surface area contributed by atoms with E-state index in [9.17, 15) is 14.4 Å². The number of esters is 2. The summed E-state index contributed by atoms with van der Waals surface area (Å²) in [5.74, 6) is -2.47. The summed E-state index contributed by atoms with van der Waals surface area (Å²) in [6.45, 7) is 3.40. The van der Waals surface area contributed by atoms with Crippen LogP contribution in [-0.2, 0) is 23.9 Å². The number of ether oxygens (including phenoxy) is 2. The molecule has 0 aromatic rings. The molecule has 0 unspecified atom stereocenters. The molecule has 0 heterocycles. The summed E-state index contributed by atoms with van der Waals surface area (Å²) in [5.41, 5.74) is 0.487. The Labute approximate surface area is 105 Å². The van der Waals surface area contributed by atoms with Gasteiger partial charge in [-0.3, -0.25) is 14.4 Å². The second kappa shape index (κ2) is 6.14. The van der Waals surface area contributed by atoms with Gasteiger partial charge in [-0.15, -0.1) is 0 Å². The second-order valence-corrected chi connectivity index (χ2v) is 4.00. The number of hydrogen-bond donors (Lipinski definition) is 0. The van der Waals surface area contributed by atoms with E-state index in [0.717, 1.165) is 0 Å². The van der Waals surface area contributed by atoms with Crippen molar-refractivity contribution in [1.82, 2.24) is 0 Å². The average molecular weight is 252 g/mol. The fraction of sp³-hybridized carbons (Fsp3) is 0.462. The van der Waals surface area contributed by atoms with E-state index in [0.29, 0.717) is 12.0 Å². The minimum absolute atomic E-state index is 0.178. The number of carbonyl (C=O) groups excluding carboxylic acids is 3. The van der Waals surface area contributed by atoms with Crippen LogP contribution in [0.15, 0.2) is 24.3 Å². The van der Waals surface area contributed by atoms with Crippen LogP contribution in [0.2, 0.25) is 0 Å². The van der Waals surface area contributed by atoms with Crippen molar-refractivity contribution in [2.45, 2.75) is 12.8 Å². The number of hydrogen-bond acceptors (Lipinski definition) is 5. The van der Waals surface area contributed by atoms with Crippen molar-refractivity contribution in [2.75, 3.05) is 14.2 Å². The molecule has 1 aliphatic carbocycles. The lowest BCUT2D eigenvalue weighted by molar-refractivity contribution is -0.157. The fourth-order valence-corrected chi connectivity index (χ4v) is 2.04. The molecule has 0 amide bonds. The summed E-state index contributed by atoms with van der Waals surface area (Å²) >= 11 is 0.